The first-order chi connectivity index (χ1) is 12.9. The molecule has 0 atom stereocenters. The molecule has 0 amide bonds. The van der Waals surface area contributed by atoms with Crippen molar-refractivity contribution in [2.75, 3.05) is 0 Å². The fourth-order valence-electron chi connectivity index (χ4n) is 3.34. The highest BCUT2D eigenvalue weighted by atomic mass is 16.4. The molecule has 0 unspecified atom stereocenters. The molecule has 5 heteroatoms. The number of hydrogen-bond acceptors (Lipinski definition) is 3. The van der Waals surface area contributed by atoms with E-state index >= 15 is 0 Å². The zero-order chi connectivity index (χ0) is 19.0. The molecule has 2 aromatic carbocycles. The van der Waals surface area contributed by atoms with Crippen LogP contribution in [0.4, 0.5) is 0 Å². The minimum absolute atomic E-state index is 0.115. The lowest BCUT2D eigenvalue weighted by Crippen LogP contribution is -2.18. The number of rotatable bonds is 6. The van der Waals surface area contributed by atoms with Gasteiger partial charge in [-0.15, -0.1) is 0 Å². The van der Waals surface area contributed by atoms with E-state index in [0.29, 0.717) is 6.42 Å². The molecule has 0 spiro atoms. The van der Waals surface area contributed by atoms with Crippen LogP contribution in [0.25, 0.3) is 22.6 Å². The summed E-state index contributed by atoms with van der Waals surface area (Å²) in [5.41, 5.74) is 11.4. The highest BCUT2D eigenvalue weighted by Crippen LogP contribution is 2.42. The third-order valence-corrected chi connectivity index (χ3v) is 5.26. The Morgan fingerprint density at radius 1 is 1.11 bits per heavy atom. The molecule has 1 aliphatic rings. The normalized spacial score (nSPS) is 14.9. The molecular weight excluding hydrogens is 338 g/mol. The van der Waals surface area contributed by atoms with E-state index in [1.165, 1.54) is 5.56 Å². The van der Waals surface area contributed by atoms with Crippen molar-refractivity contribution in [3.05, 3.63) is 65.9 Å². The lowest BCUT2D eigenvalue weighted by atomic mass is 10.0. The summed E-state index contributed by atoms with van der Waals surface area (Å²) < 4.78 is 2.01. The van der Waals surface area contributed by atoms with Gasteiger partial charge in [0.1, 0.15) is 5.82 Å². The summed E-state index contributed by atoms with van der Waals surface area (Å²) in [4.78, 5) is 15.5. The van der Waals surface area contributed by atoms with E-state index in [4.69, 9.17) is 15.8 Å². The monoisotopic (exact) mass is 361 g/mol. The fraction of sp³-hybridized carbons (Fsp3) is 0.273. The summed E-state index contributed by atoms with van der Waals surface area (Å²) in [6.07, 6.45) is 4.82. The molecule has 0 bridgehead atoms. The van der Waals surface area contributed by atoms with Crippen LogP contribution in [0.3, 0.4) is 0 Å². The Morgan fingerprint density at radius 3 is 2.33 bits per heavy atom. The Balaban J connectivity index is 1.55. The van der Waals surface area contributed by atoms with E-state index in [1.54, 1.807) is 0 Å². The van der Waals surface area contributed by atoms with Gasteiger partial charge < -0.3 is 15.4 Å². The minimum atomic E-state index is -0.777. The summed E-state index contributed by atoms with van der Waals surface area (Å²) in [5.74, 6) is 0.109. The third-order valence-electron chi connectivity index (χ3n) is 5.26. The van der Waals surface area contributed by atoms with Gasteiger partial charge in [-0.3, -0.25) is 4.79 Å². The molecule has 138 valence electrons. The Labute approximate surface area is 158 Å². The number of benzene rings is 2. The average molecular weight is 361 g/mol. The van der Waals surface area contributed by atoms with Crippen molar-refractivity contribution in [1.29, 1.82) is 0 Å². The molecule has 1 heterocycles. The lowest BCUT2D eigenvalue weighted by Gasteiger charge is -2.08. The van der Waals surface area contributed by atoms with E-state index in [9.17, 15) is 4.79 Å². The molecule has 0 aliphatic heterocycles. The molecule has 3 N–H and O–H groups in total. The van der Waals surface area contributed by atoms with Gasteiger partial charge in [0.15, 0.2) is 0 Å². The molecule has 0 radical (unpaired) electrons. The Hall–Kier alpha value is -2.92. The van der Waals surface area contributed by atoms with Gasteiger partial charge in [0, 0.05) is 36.3 Å². The van der Waals surface area contributed by atoms with Crippen molar-refractivity contribution in [1.82, 2.24) is 9.55 Å². The largest absolute Gasteiger partial charge is 0.481 e. The summed E-state index contributed by atoms with van der Waals surface area (Å²) in [6, 6.07) is 16.3. The second kappa shape index (κ2) is 6.67. The van der Waals surface area contributed by atoms with Crippen molar-refractivity contribution in [3.8, 4) is 22.6 Å². The number of nitrogens with zero attached hydrogens (tertiary/aromatic N) is 2. The van der Waals surface area contributed by atoms with Crippen molar-refractivity contribution >= 4 is 5.97 Å². The van der Waals surface area contributed by atoms with Gasteiger partial charge in [-0.2, -0.15) is 0 Å². The highest BCUT2D eigenvalue weighted by molar-refractivity contribution is 5.67. The number of carbonyl (C=O) groups is 1. The number of carboxylic acid groups (broad SMARTS) is 1. The standard InChI is InChI=1S/C22H23N3O2/c1-25-14-19(16-7-9-18(10-8-16)22(23)12-13-22)24-21(25)17-5-2-15(3-6-17)4-11-20(26)27/h2-3,5-10,14H,4,11-13,23H2,1H3,(H,26,27). The minimum Gasteiger partial charge on any atom is -0.481 e. The number of carboxylic acids is 1. The molecule has 4 rings (SSSR count). The number of hydrogen-bond donors (Lipinski definition) is 2. The first-order valence-corrected chi connectivity index (χ1v) is 9.19. The molecule has 5 nitrogen and oxygen atoms in total. The van der Waals surface area contributed by atoms with Gasteiger partial charge in [-0.05, 0) is 30.4 Å². The lowest BCUT2D eigenvalue weighted by molar-refractivity contribution is -0.136. The first-order valence-electron chi connectivity index (χ1n) is 9.19. The van der Waals surface area contributed by atoms with Crippen LogP contribution in [-0.4, -0.2) is 20.6 Å². The SMILES string of the molecule is Cn1cc(-c2ccc(C3(N)CC3)cc2)nc1-c1ccc(CCC(=O)O)cc1. The molecule has 3 aromatic rings. The van der Waals surface area contributed by atoms with Crippen molar-refractivity contribution < 1.29 is 9.90 Å². The van der Waals surface area contributed by atoms with Crippen LogP contribution in [0.5, 0.6) is 0 Å². The van der Waals surface area contributed by atoms with Crippen LogP contribution >= 0.6 is 0 Å². The predicted molar refractivity (Wildman–Crippen MR) is 105 cm³/mol. The van der Waals surface area contributed by atoms with E-state index in [0.717, 1.165) is 41.1 Å². The summed E-state index contributed by atoms with van der Waals surface area (Å²) >= 11 is 0. The van der Waals surface area contributed by atoms with Gasteiger partial charge >= 0.3 is 5.97 Å². The molecule has 1 fully saturated rings. The smallest absolute Gasteiger partial charge is 0.303 e. The molecule has 0 saturated heterocycles. The predicted octanol–water partition coefficient (Wildman–Crippen LogP) is 3.72. The van der Waals surface area contributed by atoms with Gasteiger partial charge in [-0.25, -0.2) is 4.98 Å². The highest BCUT2D eigenvalue weighted by Gasteiger charge is 2.39. The van der Waals surface area contributed by atoms with Crippen LogP contribution in [0.2, 0.25) is 0 Å². The van der Waals surface area contributed by atoms with Gasteiger partial charge in [0.2, 0.25) is 0 Å². The van der Waals surface area contributed by atoms with E-state index in [2.05, 4.69) is 24.3 Å². The second-order valence-corrected chi connectivity index (χ2v) is 7.38. The first kappa shape index (κ1) is 17.5. The van der Waals surface area contributed by atoms with Gasteiger partial charge in [0.05, 0.1) is 5.69 Å². The Kier molecular flexibility index (Phi) is 4.32. The second-order valence-electron chi connectivity index (χ2n) is 7.38. The van der Waals surface area contributed by atoms with Crippen molar-refractivity contribution in [2.24, 2.45) is 12.8 Å². The number of aryl methyl sites for hydroxylation is 2. The molecule has 27 heavy (non-hydrogen) atoms. The van der Waals surface area contributed by atoms with Crippen LogP contribution in [-0.2, 0) is 23.8 Å². The molecular formula is C22H23N3O2. The van der Waals surface area contributed by atoms with Gasteiger partial charge in [0.25, 0.3) is 0 Å². The third kappa shape index (κ3) is 3.64. The number of imidazole rings is 1. The van der Waals surface area contributed by atoms with Crippen LogP contribution in [0.1, 0.15) is 30.4 Å². The summed E-state index contributed by atoms with van der Waals surface area (Å²) in [7, 11) is 1.98. The summed E-state index contributed by atoms with van der Waals surface area (Å²) in [5, 5.41) is 8.80. The van der Waals surface area contributed by atoms with E-state index in [-0.39, 0.29) is 12.0 Å². The zero-order valence-electron chi connectivity index (χ0n) is 15.4. The maximum Gasteiger partial charge on any atom is 0.303 e. The molecule has 1 aliphatic carbocycles. The zero-order valence-corrected chi connectivity index (χ0v) is 15.4. The fourth-order valence-corrected chi connectivity index (χ4v) is 3.34. The van der Waals surface area contributed by atoms with Gasteiger partial charge in [-0.1, -0.05) is 48.5 Å². The van der Waals surface area contributed by atoms with E-state index in [1.807, 2.05) is 42.1 Å². The average Bonchev–Trinajstić information content (AvgIpc) is 3.30. The Morgan fingerprint density at radius 2 is 1.74 bits per heavy atom. The van der Waals surface area contributed by atoms with Crippen molar-refractivity contribution in [3.63, 3.8) is 0 Å². The maximum absolute atomic E-state index is 10.7. The topological polar surface area (TPSA) is 81.1 Å². The van der Waals surface area contributed by atoms with E-state index < -0.39 is 5.97 Å². The number of aliphatic carboxylic acids is 1. The Bertz CT molecular complexity index is 968. The maximum atomic E-state index is 10.7. The molecule has 1 saturated carbocycles. The number of aromatic nitrogens is 2. The van der Waals surface area contributed by atoms with Crippen LogP contribution < -0.4 is 5.73 Å². The summed E-state index contributed by atoms with van der Waals surface area (Å²) in [6.45, 7) is 0. The molecule has 1 aromatic heterocycles. The quantitative estimate of drug-likeness (QED) is 0.701. The number of nitrogens with two attached hydrogens (primary N) is 1. The van der Waals surface area contributed by atoms with Crippen molar-refractivity contribution in [2.45, 2.75) is 31.2 Å². The van der Waals surface area contributed by atoms with Crippen LogP contribution in [0, 0.1) is 0 Å². The van der Waals surface area contributed by atoms with Crippen LogP contribution in [0.15, 0.2) is 54.7 Å².